The van der Waals surface area contributed by atoms with E-state index in [0.29, 0.717) is 29.3 Å². The first-order chi connectivity index (χ1) is 14.6. The van der Waals surface area contributed by atoms with Gasteiger partial charge in [0.1, 0.15) is 10.7 Å². The maximum atomic E-state index is 13.4. The van der Waals surface area contributed by atoms with Gasteiger partial charge in [-0.25, -0.2) is 14.3 Å². The average molecular weight is 448 g/mol. The molecule has 5 rings (SSSR count). The van der Waals surface area contributed by atoms with E-state index in [0.717, 1.165) is 51.0 Å². The maximum absolute atomic E-state index is 13.4. The molecule has 160 valence electrons. The van der Waals surface area contributed by atoms with Crippen molar-refractivity contribution in [3.8, 4) is 5.13 Å². The standard InChI is InChI=1S/C20H25N5O3S2/c26-18-15-6-7-17(23-9-4-5-10-23)22-19(15)25(20-21-8-13-29-20)14-16(18)30(27,28)24-11-2-1-3-12-24/h6-8,13-14,27-28H,1-5,9-12H2. The summed E-state index contributed by atoms with van der Waals surface area (Å²) in [6.45, 7) is 3.05. The van der Waals surface area contributed by atoms with Crippen LogP contribution in [-0.4, -0.2) is 54.1 Å². The van der Waals surface area contributed by atoms with Crippen LogP contribution in [0.4, 0.5) is 5.82 Å². The molecule has 0 saturated carbocycles. The predicted molar refractivity (Wildman–Crippen MR) is 121 cm³/mol. The van der Waals surface area contributed by atoms with Crippen molar-refractivity contribution >= 4 is 39.0 Å². The first kappa shape index (κ1) is 20.0. The summed E-state index contributed by atoms with van der Waals surface area (Å²) in [5.74, 6) is 0.833. The van der Waals surface area contributed by atoms with Gasteiger partial charge in [0.2, 0.25) is 5.43 Å². The van der Waals surface area contributed by atoms with Gasteiger partial charge in [0.25, 0.3) is 0 Å². The number of thiazole rings is 1. The highest BCUT2D eigenvalue weighted by molar-refractivity contribution is 8.22. The second-order valence-electron chi connectivity index (χ2n) is 7.75. The molecule has 0 bridgehead atoms. The molecule has 3 aromatic rings. The third-order valence-corrected chi connectivity index (χ3v) is 8.57. The van der Waals surface area contributed by atoms with Gasteiger partial charge >= 0.3 is 0 Å². The largest absolute Gasteiger partial charge is 0.357 e. The Hall–Kier alpha value is -1.98. The molecule has 3 aromatic heterocycles. The van der Waals surface area contributed by atoms with Gasteiger partial charge in [-0.2, -0.15) is 0 Å². The maximum Gasteiger partial charge on any atom is 0.215 e. The molecule has 2 saturated heterocycles. The van der Waals surface area contributed by atoms with E-state index in [4.69, 9.17) is 4.98 Å². The van der Waals surface area contributed by atoms with Crippen LogP contribution in [0.5, 0.6) is 0 Å². The van der Waals surface area contributed by atoms with Gasteiger partial charge < -0.3 is 4.90 Å². The Morgan fingerprint density at radius 2 is 1.73 bits per heavy atom. The molecule has 8 nitrogen and oxygen atoms in total. The molecule has 0 atom stereocenters. The topological polar surface area (TPSA) is 94.7 Å². The first-order valence-corrected chi connectivity index (χ1v) is 12.7. The number of rotatable bonds is 4. The monoisotopic (exact) mass is 447 g/mol. The van der Waals surface area contributed by atoms with Gasteiger partial charge in [-0.1, -0.05) is 6.42 Å². The Bertz CT molecular complexity index is 1100. The number of pyridine rings is 2. The number of anilines is 1. The molecule has 2 N–H and O–H groups in total. The van der Waals surface area contributed by atoms with E-state index in [9.17, 15) is 13.9 Å². The lowest BCUT2D eigenvalue weighted by molar-refractivity contribution is 0.304. The fourth-order valence-electron chi connectivity index (χ4n) is 4.23. The fraction of sp³-hybridized carbons (Fsp3) is 0.450. The number of fused-ring (bicyclic) bond motifs is 1. The second kappa shape index (κ2) is 7.93. The van der Waals surface area contributed by atoms with E-state index in [1.165, 1.54) is 17.5 Å². The fourth-order valence-corrected chi connectivity index (χ4v) is 6.49. The molecule has 30 heavy (non-hydrogen) atoms. The third-order valence-electron chi connectivity index (χ3n) is 5.83. The molecule has 10 heteroatoms. The van der Waals surface area contributed by atoms with Crippen molar-refractivity contribution in [3.63, 3.8) is 0 Å². The smallest absolute Gasteiger partial charge is 0.215 e. The van der Waals surface area contributed by atoms with Crippen LogP contribution in [-0.2, 0) is 0 Å². The quantitative estimate of drug-likeness (QED) is 0.625. The zero-order valence-corrected chi connectivity index (χ0v) is 18.2. The normalized spacial score (nSPS) is 18.9. The molecule has 5 heterocycles. The van der Waals surface area contributed by atoms with Crippen LogP contribution in [0.25, 0.3) is 16.2 Å². The molecule has 2 aliphatic rings. The Balaban J connectivity index is 1.70. The second-order valence-corrected chi connectivity index (χ2v) is 10.6. The summed E-state index contributed by atoms with van der Waals surface area (Å²) < 4.78 is 25.6. The summed E-state index contributed by atoms with van der Waals surface area (Å²) in [5.41, 5.74) is 0.126. The van der Waals surface area contributed by atoms with Crippen LogP contribution in [0.1, 0.15) is 32.1 Å². The number of nitrogens with zero attached hydrogens (tertiary/aromatic N) is 5. The summed E-state index contributed by atoms with van der Waals surface area (Å²) in [7, 11) is -3.38. The minimum absolute atomic E-state index is 0.0165. The summed E-state index contributed by atoms with van der Waals surface area (Å²) >= 11 is 1.42. The summed E-state index contributed by atoms with van der Waals surface area (Å²) in [5, 5.41) is 2.87. The first-order valence-electron chi connectivity index (χ1n) is 10.3. The lowest BCUT2D eigenvalue weighted by atomic mass is 10.2. The van der Waals surface area contributed by atoms with Gasteiger partial charge in [-0.05, 0) is 37.8 Å². The van der Waals surface area contributed by atoms with E-state index < -0.39 is 10.8 Å². The Labute approximate surface area is 180 Å². The van der Waals surface area contributed by atoms with Crippen LogP contribution in [0.15, 0.2) is 39.6 Å². The average Bonchev–Trinajstić information content (AvgIpc) is 3.49. The highest BCUT2D eigenvalue weighted by Crippen LogP contribution is 2.51. The summed E-state index contributed by atoms with van der Waals surface area (Å²) in [6, 6.07) is 3.62. The van der Waals surface area contributed by atoms with Crippen LogP contribution in [0.2, 0.25) is 0 Å². The Kier molecular flexibility index (Phi) is 5.28. The van der Waals surface area contributed by atoms with Gasteiger partial charge in [-0.3, -0.25) is 18.5 Å². The summed E-state index contributed by atoms with van der Waals surface area (Å²) in [4.78, 5) is 24.8. The lowest BCUT2D eigenvalue weighted by Gasteiger charge is -2.44. The molecule has 2 aliphatic heterocycles. The zero-order chi connectivity index (χ0) is 20.7. The molecular weight excluding hydrogens is 422 g/mol. The van der Waals surface area contributed by atoms with Crippen molar-refractivity contribution < 1.29 is 9.11 Å². The molecule has 0 aliphatic carbocycles. The van der Waals surface area contributed by atoms with Gasteiger partial charge in [0.05, 0.1) is 5.39 Å². The molecular formula is C20H25N5O3S2. The minimum Gasteiger partial charge on any atom is -0.357 e. The van der Waals surface area contributed by atoms with Crippen molar-refractivity contribution in [3.05, 3.63) is 40.1 Å². The van der Waals surface area contributed by atoms with Crippen molar-refractivity contribution in [2.75, 3.05) is 31.1 Å². The third kappa shape index (κ3) is 3.42. The lowest BCUT2D eigenvalue weighted by Crippen LogP contribution is -2.35. The van der Waals surface area contributed by atoms with Crippen LogP contribution in [0.3, 0.4) is 0 Å². The molecule has 0 unspecified atom stereocenters. The van der Waals surface area contributed by atoms with E-state index in [-0.39, 0.29) is 10.3 Å². The minimum atomic E-state index is -3.38. The Morgan fingerprint density at radius 3 is 2.43 bits per heavy atom. The van der Waals surface area contributed by atoms with Gasteiger partial charge in [0.15, 0.2) is 10.8 Å². The number of hydrogen-bond donors (Lipinski definition) is 2. The van der Waals surface area contributed by atoms with Crippen LogP contribution >= 0.6 is 22.1 Å². The Morgan fingerprint density at radius 1 is 1.00 bits per heavy atom. The van der Waals surface area contributed by atoms with E-state index in [2.05, 4.69) is 9.88 Å². The number of aromatic nitrogens is 3. The number of piperidine rings is 1. The van der Waals surface area contributed by atoms with Crippen molar-refractivity contribution in [1.82, 2.24) is 18.8 Å². The van der Waals surface area contributed by atoms with Gasteiger partial charge in [-0.15, -0.1) is 22.1 Å². The van der Waals surface area contributed by atoms with Crippen LogP contribution < -0.4 is 10.3 Å². The predicted octanol–water partition coefficient (Wildman–Crippen LogP) is 3.95. The van der Waals surface area contributed by atoms with Crippen molar-refractivity contribution in [2.24, 2.45) is 0 Å². The van der Waals surface area contributed by atoms with Crippen molar-refractivity contribution in [1.29, 1.82) is 0 Å². The van der Waals surface area contributed by atoms with Gasteiger partial charge in [0, 0.05) is 44.0 Å². The van der Waals surface area contributed by atoms with Crippen LogP contribution in [0, 0.1) is 0 Å². The van der Waals surface area contributed by atoms with E-state index >= 15 is 0 Å². The molecule has 0 spiro atoms. The van der Waals surface area contributed by atoms with E-state index in [1.54, 1.807) is 21.1 Å². The molecule has 0 radical (unpaired) electrons. The summed E-state index contributed by atoms with van der Waals surface area (Å²) in [6.07, 6.45) is 8.35. The molecule has 2 fully saturated rings. The number of hydrogen-bond acceptors (Lipinski definition) is 8. The van der Waals surface area contributed by atoms with E-state index in [1.807, 2.05) is 11.4 Å². The zero-order valence-electron chi connectivity index (χ0n) is 16.6. The van der Waals surface area contributed by atoms with Crippen molar-refractivity contribution in [2.45, 2.75) is 37.0 Å². The SMILES string of the molecule is O=c1c(S(O)(O)N2CCCCC2)cn(-c2nccs2)c2nc(N3CCCC3)ccc12. The molecule has 0 aromatic carbocycles. The highest BCUT2D eigenvalue weighted by Gasteiger charge is 2.31. The highest BCUT2D eigenvalue weighted by atomic mass is 32.3. The molecule has 0 amide bonds.